The lowest BCUT2D eigenvalue weighted by molar-refractivity contribution is -0.132. The average molecular weight is 314 g/mol. The van der Waals surface area contributed by atoms with E-state index in [2.05, 4.69) is 4.72 Å². The van der Waals surface area contributed by atoms with Crippen molar-refractivity contribution >= 4 is 27.3 Å². The molecule has 1 amide bonds. The second kappa shape index (κ2) is 5.13. The normalized spacial score (nSPS) is 29.1. The molecule has 1 aromatic heterocycles. The van der Waals surface area contributed by atoms with Crippen molar-refractivity contribution < 1.29 is 13.2 Å². The summed E-state index contributed by atoms with van der Waals surface area (Å²) in [6.45, 7) is 0.683. The van der Waals surface area contributed by atoms with Gasteiger partial charge in [-0.3, -0.25) is 4.79 Å². The Bertz CT molecular complexity index is 597. The molecule has 1 aliphatic carbocycles. The number of hydrogen-bond acceptors (Lipinski definition) is 4. The molecule has 3 rings (SSSR count). The monoisotopic (exact) mass is 314 g/mol. The molecule has 20 heavy (non-hydrogen) atoms. The molecular weight excluding hydrogens is 296 g/mol. The van der Waals surface area contributed by atoms with E-state index in [1.54, 1.807) is 11.3 Å². The molecule has 1 N–H and O–H groups in total. The van der Waals surface area contributed by atoms with E-state index < -0.39 is 10.0 Å². The van der Waals surface area contributed by atoms with E-state index in [1.807, 2.05) is 22.4 Å². The van der Waals surface area contributed by atoms with Crippen LogP contribution in [0.3, 0.4) is 0 Å². The molecule has 1 aromatic rings. The first-order valence-corrected chi connectivity index (χ1v) is 9.48. The third-order valence-electron chi connectivity index (χ3n) is 4.13. The van der Waals surface area contributed by atoms with Crippen molar-refractivity contribution in [2.24, 2.45) is 5.92 Å². The zero-order valence-corrected chi connectivity index (χ0v) is 12.9. The van der Waals surface area contributed by atoms with Crippen molar-refractivity contribution in [3.8, 4) is 0 Å². The molecule has 2 aliphatic rings. The van der Waals surface area contributed by atoms with Crippen LogP contribution in [0.4, 0.5) is 0 Å². The highest BCUT2D eigenvalue weighted by molar-refractivity contribution is 7.88. The number of amides is 1. The van der Waals surface area contributed by atoms with Gasteiger partial charge in [-0.05, 0) is 30.2 Å². The second-order valence-corrected chi connectivity index (χ2v) is 8.50. The molecule has 5 nitrogen and oxygen atoms in total. The Morgan fingerprint density at radius 2 is 2.30 bits per heavy atom. The number of piperidine rings is 1. The number of nitrogens with one attached hydrogen (secondary N) is 1. The lowest BCUT2D eigenvalue weighted by Crippen LogP contribution is -2.47. The van der Waals surface area contributed by atoms with Gasteiger partial charge in [-0.1, -0.05) is 6.07 Å². The van der Waals surface area contributed by atoms with Gasteiger partial charge in [-0.2, -0.15) is 0 Å². The number of fused-ring (bicyclic) bond motifs is 2. The molecule has 3 atom stereocenters. The van der Waals surface area contributed by atoms with Crippen molar-refractivity contribution in [2.75, 3.05) is 12.8 Å². The number of carbonyl (C=O) groups is 1. The van der Waals surface area contributed by atoms with Crippen molar-refractivity contribution in [3.05, 3.63) is 22.4 Å². The lowest BCUT2D eigenvalue weighted by Gasteiger charge is -2.31. The van der Waals surface area contributed by atoms with Gasteiger partial charge < -0.3 is 4.90 Å². The van der Waals surface area contributed by atoms with Gasteiger partial charge in [0.2, 0.25) is 15.9 Å². The number of thiophene rings is 1. The Balaban J connectivity index is 1.60. The van der Waals surface area contributed by atoms with Crippen LogP contribution in [0.5, 0.6) is 0 Å². The van der Waals surface area contributed by atoms with Crippen molar-refractivity contribution in [3.63, 3.8) is 0 Å². The highest BCUT2D eigenvalue weighted by Gasteiger charge is 2.46. The zero-order valence-electron chi connectivity index (χ0n) is 11.3. The maximum absolute atomic E-state index is 12.3. The topological polar surface area (TPSA) is 66.5 Å². The summed E-state index contributed by atoms with van der Waals surface area (Å²) in [4.78, 5) is 15.3. The number of hydrogen-bond donors (Lipinski definition) is 1. The van der Waals surface area contributed by atoms with Crippen LogP contribution in [-0.4, -0.2) is 44.1 Å². The van der Waals surface area contributed by atoms with Gasteiger partial charge >= 0.3 is 0 Å². The molecule has 0 spiro atoms. The van der Waals surface area contributed by atoms with Gasteiger partial charge in [0.05, 0.1) is 12.7 Å². The Hall–Kier alpha value is -0.920. The summed E-state index contributed by atoms with van der Waals surface area (Å²) in [5.74, 6) is 0.430. The highest BCUT2D eigenvalue weighted by Crippen LogP contribution is 2.38. The number of rotatable bonds is 4. The lowest BCUT2D eigenvalue weighted by atomic mass is 10.0. The number of nitrogens with zero attached hydrogens (tertiary/aromatic N) is 1. The number of likely N-dealkylation sites (tertiary alicyclic amines) is 1. The van der Waals surface area contributed by atoms with Crippen LogP contribution in [0.1, 0.15) is 17.7 Å². The predicted molar refractivity (Wildman–Crippen MR) is 78.0 cm³/mol. The van der Waals surface area contributed by atoms with E-state index >= 15 is 0 Å². The van der Waals surface area contributed by atoms with Gasteiger partial charge in [-0.25, -0.2) is 13.1 Å². The molecule has 2 bridgehead atoms. The smallest absolute Gasteiger partial charge is 0.228 e. The number of carbonyl (C=O) groups excluding carboxylic acids is 1. The summed E-state index contributed by atoms with van der Waals surface area (Å²) in [5, 5.41) is 1.98. The van der Waals surface area contributed by atoms with E-state index in [-0.39, 0.29) is 23.9 Å². The molecule has 2 fully saturated rings. The Morgan fingerprint density at radius 1 is 1.50 bits per heavy atom. The molecule has 1 saturated heterocycles. The SMILES string of the molecule is CS(=O)(=O)N[C@H]1C[C@@H]2C[C@H]1CN2C(=O)Cc1cccs1. The van der Waals surface area contributed by atoms with Crippen molar-refractivity contribution in [1.29, 1.82) is 0 Å². The van der Waals surface area contributed by atoms with Crippen molar-refractivity contribution in [2.45, 2.75) is 31.3 Å². The molecular formula is C13H18N2O3S2. The minimum absolute atomic E-state index is 0.000729. The summed E-state index contributed by atoms with van der Waals surface area (Å²) in [5.41, 5.74) is 0. The van der Waals surface area contributed by atoms with Gasteiger partial charge in [0.25, 0.3) is 0 Å². The summed E-state index contributed by atoms with van der Waals surface area (Å²) in [6.07, 6.45) is 3.32. The Labute approximate surface area is 123 Å². The van der Waals surface area contributed by atoms with E-state index in [0.29, 0.717) is 13.0 Å². The maximum atomic E-state index is 12.3. The molecule has 0 unspecified atom stereocenters. The minimum Gasteiger partial charge on any atom is -0.339 e. The molecule has 0 radical (unpaired) electrons. The van der Waals surface area contributed by atoms with Gasteiger partial charge in [0, 0.05) is 23.5 Å². The summed E-state index contributed by atoms with van der Waals surface area (Å²) in [7, 11) is -3.16. The predicted octanol–water partition coefficient (Wildman–Crippen LogP) is 0.829. The summed E-state index contributed by atoms with van der Waals surface area (Å²) < 4.78 is 25.3. The standard InChI is InChI=1S/C13H18N2O3S2/c1-20(17,18)14-12-6-10-5-9(12)8-15(10)13(16)7-11-3-2-4-19-11/h2-4,9-10,12,14H,5-8H2,1H3/t9-,10-,12-/m0/s1. The molecule has 1 aliphatic heterocycles. The molecule has 1 saturated carbocycles. The second-order valence-electron chi connectivity index (χ2n) is 5.68. The van der Waals surface area contributed by atoms with Gasteiger partial charge in [0.15, 0.2) is 0 Å². The molecule has 110 valence electrons. The maximum Gasteiger partial charge on any atom is 0.228 e. The third-order valence-corrected chi connectivity index (χ3v) is 5.74. The van der Waals surface area contributed by atoms with Crippen LogP contribution >= 0.6 is 11.3 Å². The van der Waals surface area contributed by atoms with E-state index in [1.165, 1.54) is 6.26 Å². The first-order valence-electron chi connectivity index (χ1n) is 6.71. The van der Waals surface area contributed by atoms with Crippen LogP contribution < -0.4 is 4.72 Å². The van der Waals surface area contributed by atoms with Crippen LogP contribution in [0.2, 0.25) is 0 Å². The van der Waals surface area contributed by atoms with Crippen LogP contribution in [-0.2, 0) is 21.2 Å². The quantitative estimate of drug-likeness (QED) is 0.895. The fraction of sp³-hybridized carbons (Fsp3) is 0.615. The Kier molecular flexibility index (Phi) is 3.60. The zero-order chi connectivity index (χ0) is 14.3. The largest absolute Gasteiger partial charge is 0.339 e. The van der Waals surface area contributed by atoms with Crippen LogP contribution in [0, 0.1) is 5.92 Å². The number of sulfonamides is 1. The first-order chi connectivity index (χ1) is 9.42. The average Bonchev–Trinajstić information content (AvgIpc) is 3.01. The molecule has 2 heterocycles. The van der Waals surface area contributed by atoms with E-state index in [9.17, 15) is 13.2 Å². The Morgan fingerprint density at radius 3 is 2.85 bits per heavy atom. The molecule has 0 aromatic carbocycles. The van der Waals surface area contributed by atoms with Gasteiger partial charge in [-0.15, -0.1) is 11.3 Å². The summed E-state index contributed by atoms with van der Waals surface area (Å²) in [6, 6.07) is 4.13. The van der Waals surface area contributed by atoms with E-state index in [0.717, 1.165) is 17.7 Å². The van der Waals surface area contributed by atoms with Crippen LogP contribution in [0.15, 0.2) is 17.5 Å². The van der Waals surface area contributed by atoms with Crippen LogP contribution in [0.25, 0.3) is 0 Å². The first kappa shape index (κ1) is 14.0. The van der Waals surface area contributed by atoms with E-state index in [4.69, 9.17) is 0 Å². The van der Waals surface area contributed by atoms with Crippen molar-refractivity contribution in [1.82, 2.24) is 9.62 Å². The fourth-order valence-corrected chi connectivity index (χ4v) is 4.88. The minimum atomic E-state index is -3.16. The fourth-order valence-electron chi connectivity index (χ4n) is 3.34. The molecule has 7 heteroatoms. The van der Waals surface area contributed by atoms with Gasteiger partial charge in [0.1, 0.15) is 0 Å². The summed E-state index contributed by atoms with van der Waals surface area (Å²) >= 11 is 1.60. The highest BCUT2D eigenvalue weighted by atomic mass is 32.2. The third kappa shape index (κ3) is 2.89.